The first-order chi connectivity index (χ1) is 14.6. The van der Waals surface area contributed by atoms with Gasteiger partial charge in [-0.3, -0.25) is 4.79 Å². The number of amides is 1. The predicted molar refractivity (Wildman–Crippen MR) is 124 cm³/mol. The van der Waals surface area contributed by atoms with Crippen molar-refractivity contribution in [3.8, 4) is 6.07 Å². The minimum absolute atomic E-state index is 0.0114. The van der Waals surface area contributed by atoms with Gasteiger partial charge in [-0.25, -0.2) is 0 Å². The summed E-state index contributed by atoms with van der Waals surface area (Å²) in [6.07, 6.45) is 10.7. The van der Waals surface area contributed by atoms with Crippen molar-refractivity contribution in [2.24, 2.45) is 0 Å². The summed E-state index contributed by atoms with van der Waals surface area (Å²) in [5, 5.41) is 12.3. The van der Waals surface area contributed by atoms with Crippen LogP contribution in [0, 0.1) is 11.3 Å². The van der Waals surface area contributed by atoms with Gasteiger partial charge in [0, 0.05) is 12.5 Å². The van der Waals surface area contributed by atoms with Crippen LogP contribution in [0.15, 0.2) is 47.6 Å². The SMILES string of the molecule is CC/C=C\CC1=C(C)C(CCNCC(=O)N(CC#N)CCC)c2ccccc2CC1. The molecular weight excluding hydrogens is 370 g/mol. The van der Waals surface area contributed by atoms with E-state index in [4.69, 9.17) is 5.26 Å². The molecule has 1 atom stereocenters. The van der Waals surface area contributed by atoms with E-state index in [1.165, 1.54) is 16.7 Å². The highest BCUT2D eigenvalue weighted by Gasteiger charge is 2.22. The van der Waals surface area contributed by atoms with Crippen molar-refractivity contribution in [1.82, 2.24) is 10.2 Å². The Hall–Kier alpha value is -2.38. The molecule has 162 valence electrons. The highest BCUT2D eigenvalue weighted by atomic mass is 16.2. The van der Waals surface area contributed by atoms with E-state index in [9.17, 15) is 4.79 Å². The molecule has 0 saturated carbocycles. The van der Waals surface area contributed by atoms with Crippen molar-refractivity contribution in [3.05, 3.63) is 58.7 Å². The summed E-state index contributed by atoms with van der Waals surface area (Å²) in [5.74, 6) is 0.402. The smallest absolute Gasteiger partial charge is 0.237 e. The molecule has 0 fully saturated rings. The van der Waals surface area contributed by atoms with Crippen LogP contribution in [-0.2, 0) is 11.2 Å². The second kappa shape index (κ2) is 13.0. The lowest BCUT2D eigenvalue weighted by molar-refractivity contribution is -0.129. The normalized spacial score (nSPS) is 16.3. The summed E-state index contributed by atoms with van der Waals surface area (Å²) in [5.41, 5.74) is 5.94. The summed E-state index contributed by atoms with van der Waals surface area (Å²) in [6.45, 7) is 8.38. The van der Waals surface area contributed by atoms with E-state index in [1.54, 1.807) is 10.5 Å². The maximum atomic E-state index is 12.4. The highest BCUT2D eigenvalue weighted by molar-refractivity contribution is 5.78. The van der Waals surface area contributed by atoms with E-state index in [-0.39, 0.29) is 12.5 Å². The minimum atomic E-state index is 0.0114. The van der Waals surface area contributed by atoms with Crippen molar-refractivity contribution in [2.45, 2.75) is 65.2 Å². The first-order valence-electron chi connectivity index (χ1n) is 11.4. The quantitative estimate of drug-likeness (QED) is 0.314. The summed E-state index contributed by atoms with van der Waals surface area (Å²) in [4.78, 5) is 14.0. The molecule has 0 aromatic heterocycles. The largest absolute Gasteiger partial charge is 0.328 e. The number of hydrogen-bond donors (Lipinski definition) is 1. The van der Waals surface area contributed by atoms with Crippen LogP contribution in [-0.4, -0.2) is 37.0 Å². The predicted octanol–water partition coefficient (Wildman–Crippen LogP) is 5.13. The number of carbonyl (C=O) groups is 1. The van der Waals surface area contributed by atoms with E-state index in [0.717, 1.165) is 45.1 Å². The van der Waals surface area contributed by atoms with E-state index < -0.39 is 0 Å². The van der Waals surface area contributed by atoms with Gasteiger partial charge in [0.2, 0.25) is 5.91 Å². The number of nitriles is 1. The third-order valence-corrected chi connectivity index (χ3v) is 5.97. The Bertz CT molecular complexity index is 788. The van der Waals surface area contributed by atoms with Crippen molar-refractivity contribution >= 4 is 5.91 Å². The third-order valence-electron chi connectivity index (χ3n) is 5.97. The van der Waals surface area contributed by atoms with Crippen LogP contribution in [0.1, 0.15) is 69.9 Å². The van der Waals surface area contributed by atoms with Gasteiger partial charge in [-0.15, -0.1) is 0 Å². The van der Waals surface area contributed by atoms with E-state index in [0.29, 0.717) is 19.0 Å². The van der Waals surface area contributed by atoms with Crippen molar-refractivity contribution in [3.63, 3.8) is 0 Å². The maximum absolute atomic E-state index is 12.4. The maximum Gasteiger partial charge on any atom is 0.237 e. The van der Waals surface area contributed by atoms with E-state index >= 15 is 0 Å². The molecule has 2 rings (SSSR count). The van der Waals surface area contributed by atoms with Crippen LogP contribution in [0.25, 0.3) is 0 Å². The number of fused-ring (bicyclic) bond motifs is 1. The lowest BCUT2D eigenvalue weighted by Gasteiger charge is -2.22. The van der Waals surface area contributed by atoms with Crippen LogP contribution in [0.5, 0.6) is 0 Å². The zero-order chi connectivity index (χ0) is 21.8. The molecule has 0 bridgehead atoms. The molecule has 4 nitrogen and oxygen atoms in total. The summed E-state index contributed by atoms with van der Waals surface area (Å²) >= 11 is 0. The number of rotatable bonds is 11. The Kier molecular flexibility index (Phi) is 10.4. The lowest BCUT2D eigenvalue weighted by atomic mass is 9.85. The summed E-state index contributed by atoms with van der Waals surface area (Å²) in [7, 11) is 0. The number of hydrogen-bond acceptors (Lipinski definition) is 3. The highest BCUT2D eigenvalue weighted by Crippen LogP contribution is 2.37. The Morgan fingerprint density at radius 1 is 1.27 bits per heavy atom. The van der Waals surface area contributed by atoms with Gasteiger partial charge >= 0.3 is 0 Å². The molecule has 1 N–H and O–H groups in total. The molecule has 4 heteroatoms. The van der Waals surface area contributed by atoms with Gasteiger partial charge in [-0.05, 0) is 63.1 Å². The molecule has 1 aliphatic carbocycles. The first kappa shape index (κ1) is 23.9. The molecule has 0 spiro atoms. The van der Waals surface area contributed by atoms with Gasteiger partial charge in [0.05, 0.1) is 12.6 Å². The number of nitrogens with zero attached hydrogens (tertiary/aromatic N) is 2. The van der Waals surface area contributed by atoms with E-state index in [1.807, 2.05) is 6.92 Å². The molecule has 0 aliphatic heterocycles. The molecule has 1 amide bonds. The molecule has 1 aromatic carbocycles. The number of carbonyl (C=O) groups excluding carboxylic acids is 1. The summed E-state index contributed by atoms with van der Waals surface area (Å²) in [6, 6.07) is 10.9. The molecule has 0 radical (unpaired) electrons. The molecule has 0 heterocycles. The number of aryl methyl sites for hydroxylation is 1. The van der Waals surface area contributed by atoms with Crippen LogP contribution in [0.4, 0.5) is 0 Å². The molecular formula is C26H37N3O. The Morgan fingerprint density at radius 2 is 2.07 bits per heavy atom. The molecule has 30 heavy (non-hydrogen) atoms. The fraction of sp³-hybridized carbons (Fsp3) is 0.538. The molecule has 1 unspecified atom stereocenters. The van der Waals surface area contributed by atoms with Gasteiger partial charge in [0.25, 0.3) is 0 Å². The number of nitrogens with one attached hydrogen (secondary N) is 1. The molecule has 0 saturated heterocycles. The average Bonchev–Trinajstić information content (AvgIpc) is 2.88. The van der Waals surface area contributed by atoms with Crippen molar-refractivity contribution in [1.29, 1.82) is 5.26 Å². The van der Waals surface area contributed by atoms with Gasteiger partial charge in [-0.1, -0.05) is 61.4 Å². The van der Waals surface area contributed by atoms with E-state index in [2.05, 4.69) is 61.7 Å². The fourth-order valence-corrected chi connectivity index (χ4v) is 4.29. The lowest BCUT2D eigenvalue weighted by Crippen LogP contribution is -2.39. The topological polar surface area (TPSA) is 56.1 Å². The molecule has 1 aromatic rings. The van der Waals surface area contributed by atoms with Gasteiger partial charge in [0.1, 0.15) is 6.54 Å². The monoisotopic (exact) mass is 407 g/mol. The minimum Gasteiger partial charge on any atom is -0.328 e. The Labute approximate surface area is 182 Å². The number of benzene rings is 1. The number of allylic oxidation sites excluding steroid dienone is 4. The van der Waals surface area contributed by atoms with Crippen LogP contribution in [0.2, 0.25) is 0 Å². The fourth-order valence-electron chi connectivity index (χ4n) is 4.29. The zero-order valence-electron chi connectivity index (χ0n) is 18.9. The van der Waals surface area contributed by atoms with Crippen LogP contribution >= 0.6 is 0 Å². The van der Waals surface area contributed by atoms with Gasteiger partial charge in [-0.2, -0.15) is 5.26 Å². The second-order valence-corrected chi connectivity index (χ2v) is 8.06. The molecule has 1 aliphatic rings. The summed E-state index contributed by atoms with van der Waals surface area (Å²) < 4.78 is 0. The standard InChI is InChI=1S/C26H37N3O/c1-4-6-7-10-22-13-14-23-11-8-9-12-25(23)24(21(22)3)15-17-28-20-26(30)29(18-5-2)19-16-27/h6-9,11-12,24,28H,4-5,10,13-15,17-20H2,1-3H3/b7-6-. The van der Waals surface area contributed by atoms with Crippen molar-refractivity contribution in [2.75, 3.05) is 26.2 Å². The zero-order valence-corrected chi connectivity index (χ0v) is 18.9. The first-order valence-corrected chi connectivity index (χ1v) is 11.4. The second-order valence-electron chi connectivity index (χ2n) is 8.06. The Morgan fingerprint density at radius 3 is 2.80 bits per heavy atom. The average molecular weight is 408 g/mol. The Balaban J connectivity index is 2.04. The van der Waals surface area contributed by atoms with Crippen LogP contribution < -0.4 is 5.32 Å². The van der Waals surface area contributed by atoms with Gasteiger partial charge in [0.15, 0.2) is 0 Å². The van der Waals surface area contributed by atoms with Gasteiger partial charge < -0.3 is 10.2 Å². The third kappa shape index (κ3) is 6.85. The van der Waals surface area contributed by atoms with Crippen LogP contribution in [0.3, 0.4) is 0 Å². The van der Waals surface area contributed by atoms with Crippen molar-refractivity contribution < 1.29 is 4.79 Å².